The van der Waals surface area contributed by atoms with E-state index in [-0.39, 0.29) is 5.56 Å². The molecular formula is C10H15N3O. The summed E-state index contributed by atoms with van der Waals surface area (Å²) in [7, 11) is 0. The van der Waals surface area contributed by atoms with Crippen LogP contribution in [0.3, 0.4) is 0 Å². The predicted octanol–water partition coefficient (Wildman–Crippen LogP) is 0.161. The van der Waals surface area contributed by atoms with Crippen molar-refractivity contribution in [1.29, 1.82) is 0 Å². The summed E-state index contributed by atoms with van der Waals surface area (Å²) >= 11 is 0. The van der Waals surface area contributed by atoms with Gasteiger partial charge in [0.15, 0.2) is 0 Å². The summed E-state index contributed by atoms with van der Waals surface area (Å²) in [6, 6.07) is 3.34. The third kappa shape index (κ3) is 2.01. The first-order chi connectivity index (χ1) is 6.75. The molecule has 2 heterocycles. The summed E-state index contributed by atoms with van der Waals surface area (Å²) in [6.45, 7) is 4.81. The number of aryl methyl sites for hydroxylation is 2. The summed E-state index contributed by atoms with van der Waals surface area (Å²) in [5, 5.41) is 7.40. The van der Waals surface area contributed by atoms with E-state index in [4.69, 9.17) is 0 Å². The number of rotatable bonds is 3. The summed E-state index contributed by atoms with van der Waals surface area (Å²) in [4.78, 5) is 11.4. The number of hydrogen-bond donors (Lipinski definition) is 1. The topological polar surface area (TPSA) is 46.9 Å². The van der Waals surface area contributed by atoms with Gasteiger partial charge in [0, 0.05) is 12.6 Å². The third-order valence-electron chi connectivity index (χ3n) is 2.62. The lowest BCUT2D eigenvalue weighted by Crippen LogP contribution is -2.42. The highest BCUT2D eigenvalue weighted by Gasteiger charge is 2.16. The standard InChI is InChI=1S/C10H15N3O/c1-8-2-3-10(14)13(12-8)5-4-9-6-11-7-9/h2-3,9,11H,4-7H2,1H3. The minimum atomic E-state index is 0.00267. The molecule has 1 aliphatic heterocycles. The normalized spacial score (nSPS) is 16.6. The first-order valence-electron chi connectivity index (χ1n) is 5.01. The molecule has 0 spiro atoms. The van der Waals surface area contributed by atoms with Crippen LogP contribution in [0, 0.1) is 12.8 Å². The van der Waals surface area contributed by atoms with Gasteiger partial charge in [-0.15, -0.1) is 0 Å². The van der Waals surface area contributed by atoms with Crippen molar-refractivity contribution >= 4 is 0 Å². The maximum absolute atomic E-state index is 11.4. The van der Waals surface area contributed by atoms with Gasteiger partial charge in [0.2, 0.25) is 0 Å². The monoisotopic (exact) mass is 193 g/mol. The fraction of sp³-hybridized carbons (Fsp3) is 0.600. The van der Waals surface area contributed by atoms with Crippen molar-refractivity contribution in [3.63, 3.8) is 0 Å². The van der Waals surface area contributed by atoms with Crippen molar-refractivity contribution < 1.29 is 0 Å². The number of hydrogen-bond acceptors (Lipinski definition) is 3. The summed E-state index contributed by atoms with van der Waals surface area (Å²) in [5.74, 6) is 0.726. The van der Waals surface area contributed by atoms with Crippen LogP contribution in [-0.4, -0.2) is 22.9 Å². The molecule has 1 N–H and O–H groups in total. The van der Waals surface area contributed by atoms with Crippen molar-refractivity contribution in [2.24, 2.45) is 5.92 Å². The second kappa shape index (κ2) is 3.92. The number of nitrogens with zero attached hydrogens (tertiary/aromatic N) is 2. The lowest BCUT2D eigenvalue weighted by Gasteiger charge is -2.26. The fourth-order valence-electron chi connectivity index (χ4n) is 1.57. The first kappa shape index (κ1) is 9.40. The second-order valence-electron chi connectivity index (χ2n) is 3.85. The first-order valence-corrected chi connectivity index (χ1v) is 5.01. The van der Waals surface area contributed by atoms with E-state index in [1.807, 2.05) is 6.92 Å². The predicted molar refractivity (Wildman–Crippen MR) is 54.2 cm³/mol. The van der Waals surface area contributed by atoms with Crippen molar-refractivity contribution in [3.8, 4) is 0 Å². The van der Waals surface area contributed by atoms with Crippen molar-refractivity contribution in [2.45, 2.75) is 19.9 Å². The molecule has 1 aliphatic rings. The molecule has 1 aromatic rings. The molecule has 76 valence electrons. The van der Waals surface area contributed by atoms with Gasteiger partial charge in [0.05, 0.1) is 5.69 Å². The van der Waals surface area contributed by atoms with Crippen molar-refractivity contribution in [3.05, 3.63) is 28.2 Å². The van der Waals surface area contributed by atoms with Gasteiger partial charge in [-0.3, -0.25) is 4.79 Å². The minimum absolute atomic E-state index is 0.00267. The molecule has 0 aliphatic carbocycles. The van der Waals surface area contributed by atoms with Gasteiger partial charge in [0.25, 0.3) is 5.56 Å². The summed E-state index contributed by atoms with van der Waals surface area (Å²) in [5.41, 5.74) is 0.902. The third-order valence-corrected chi connectivity index (χ3v) is 2.62. The smallest absolute Gasteiger partial charge is 0.266 e. The Morgan fingerprint density at radius 3 is 3.00 bits per heavy atom. The average molecular weight is 193 g/mol. The Labute approximate surface area is 82.9 Å². The molecule has 1 aromatic heterocycles. The zero-order chi connectivity index (χ0) is 9.97. The molecule has 14 heavy (non-hydrogen) atoms. The number of nitrogens with one attached hydrogen (secondary N) is 1. The molecule has 0 bridgehead atoms. The van der Waals surface area contributed by atoms with Crippen LogP contribution < -0.4 is 10.9 Å². The van der Waals surface area contributed by atoms with Gasteiger partial charge >= 0.3 is 0 Å². The molecule has 0 radical (unpaired) electrons. The Morgan fingerprint density at radius 2 is 2.36 bits per heavy atom. The zero-order valence-electron chi connectivity index (χ0n) is 8.36. The molecule has 4 nitrogen and oxygen atoms in total. The van der Waals surface area contributed by atoms with Crippen LogP contribution in [0.25, 0.3) is 0 Å². The van der Waals surface area contributed by atoms with Crippen LogP contribution in [0.1, 0.15) is 12.1 Å². The molecule has 0 amide bonds. The molecule has 0 aromatic carbocycles. The van der Waals surface area contributed by atoms with E-state index >= 15 is 0 Å². The van der Waals surface area contributed by atoms with E-state index in [0.29, 0.717) is 0 Å². The van der Waals surface area contributed by atoms with Crippen LogP contribution in [0.15, 0.2) is 16.9 Å². The molecule has 0 saturated carbocycles. The molecule has 1 fully saturated rings. The molecule has 0 unspecified atom stereocenters. The highest BCUT2D eigenvalue weighted by atomic mass is 16.1. The Kier molecular flexibility index (Phi) is 2.63. The van der Waals surface area contributed by atoms with E-state index in [2.05, 4.69) is 10.4 Å². The van der Waals surface area contributed by atoms with Crippen LogP contribution in [-0.2, 0) is 6.54 Å². The minimum Gasteiger partial charge on any atom is -0.316 e. The average Bonchev–Trinajstić information content (AvgIpc) is 2.08. The highest BCUT2D eigenvalue weighted by Crippen LogP contribution is 2.08. The Hall–Kier alpha value is -1.16. The van der Waals surface area contributed by atoms with E-state index in [1.54, 1.807) is 16.8 Å². The molecular weight excluding hydrogens is 178 g/mol. The van der Waals surface area contributed by atoms with Crippen LogP contribution in [0.5, 0.6) is 0 Å². The van der Waals surface area contributed by atoms with E-state index in [9.17, 15) is 4.79 Å². The van der Waals surface area contributed by atoms with E-state index < -0.39 is 0 Å². The molecule has 0 atom stereocenters. The van der Waals surface area contributed by atoms with Crippen LogP contribution in [0.4, 0.5) is 0 Å². The number of aromatic nitrogens is 2. The molecule has 2 rings (SSSR count). The van der Waals surface area contributed by atoms with E-state index in [1.165, 1.54) is 0 Å². The maximum Gasteiger partial charge on any atom is 0.266 e. The van der Waals surface area contributed by atoms with Crippen LogP contribution >= 0.6 is 0 Å². The summed E-state index contributed by atoms with van der Waals surface area (Å²) < 4.78 is 1.56. The maximum atomic E-state index is 11.4. The zero-order valence-corrected chi connectivity index (χ0v) is 8.36. The Balaban J connectivity index is 2.00. The van der Waals surface area contributed by atoms with Gasteiger partial charge in [-0.25, -0.2) is 4.68 Å². The van der Waals surface area contributed by atoms with Gasteiger partial charge in [-0.2, -0.15) is 5.10 Å². The fourth-order valence-corrected chi connectivity index (χ4v) is 1.57. The Morgan fingerprint density at radius 1 is 1.57 bits per heavy atom. The second-order valence-corrected chi connectivity index (χ2v) is 3.85. The SMILES string of the molecule is Cc1ccc(=O)n(CCC2CNC2)n1. The van der Waals surface area contributed by atoms with Crippen molar-refractivity contribution in [1.82, 2.24) is 15.1 Å². The van der Waals surface area contributed by atoms with Gasteiger partial charge < -0.3 is 5.32 Å². The lowest BCUT2D eigenvalue weighted by molar-refractivity contribution is 0.304. The van der Waals surface area contributed by atoms with Gasteiger partial charge in [-0.1, -0.05) is 0 Å². The molecule has 1 saturated heterocycles. The van der Waals surface area contributed by atoms with Gasteiger partial charge in [0.1, 0.15) is 0 Å². The quantitative estimate of drug-likeness (QED) is 0.744. The lowest BCUT2D eigenvalue weighted by atomic mass is 10.00. The van der Waals surface area contributed by atoms with Crippen LogP contribution in [0.2, 0.25) is 0 Å². The van der Waals surface area contributed by atoms with Crippen molar-refractivity contribution in [2.75, 3.05) is 13.1 Å². The Bertz CT molecular complexity index is 368. The molecule has 4 heteroatoms. The van der Waals surface area contributed by atoms with E-state index in [0.717, 1.165) is 37.7 Å². The summed E-state index contributed by atoms with van der Waals surface area (Å²) in [6.07, 6.45) is 1.04. The van der Waals surface area contributed by atoms with Gasteiger partial charge in [-0.05, 0) is 38.4 Å². The highest BCUT2D eigenvalue weighted by molar-refractivity contribution is 4.97. The largest absolute Gasteiger partial charge is 0.316 e.